The lowest BCUT2D eigenvalue weighted by Gasteiger charge is -1.78. The van der Waals surface area contributed by atoms with Gasteiger partial charge in [-0.1, -0.05) is 18.2 Å². The normalized spacial score (nSPS) is 7.30. The minimum Gasteiger partial charge on any atom is -0.207 e. The molecule has 1 aromatic rings. The van der Waals surface area contributed by atoms with Crippen molar-refractivity contribution in [2.45, 2.75) is 0 Å². The van der Waals surface area contributed by atoms with E-state index >= 15 is 0 Å². The van der Waals surface area contributed by atoms with E-state index in [1.807, 2.05) is 0 Å². The van der Waals surface area contributed by atoms with Crippen molar-refractivity contribution in [1.82, 2.24) is 0 Å². The summed E-state index contributed by atoms with van der Waals surface area (Å²) in [6.45, 7) is 0. The minimum atomic E-state index is -0.750. The van der Waals surface area contributed by atoms with Crippen LogP contribution in [0.3, 0.4) is 0 Å². The highest BCUT2D eigenvalue weighted by atomic mass is 32.1. The predicted octanol–water partition coefficient (Wildman–Crippen LogP) is 1.16. The first kappa shape index (κ1) is 8.97. The van der Waals surface area contributed by atoms with Gasteiger partial charge in [0.1, 0.15) is 5.82 Å². The van der Waals surface area contributed by atoms with E-state index in [1.54, 1.807) is 18.2 Å². The summed E-state index contributed by atoms with van der Waals surface area (Å²) in [5, 5.41) is 0. The van der Waals surface area contributed by atoms with Crippen molar-refractivity contribution in [3.63, 3.8) is 0 Å². The van der Waals surface area contributed by atoms with Gasteiger partial charge in [0.25, 0.3) is 0 Å². The van der Waals surface area contributed by atoms with Crippen LogP contribution >= 0.6 is 0 Å². The Hall–Kier alpha value is -1.03. The second-order valence-corrected chi connectivity index (χ2v) is 1.50. The summed E-state index contributed by atoms with van der Waals surface area (Å²) in [5.74, 6) is -0.178. The van der Waals surface area contributed by atoms with E-state index in [2.05, 4.69) is 0 Å². The summed E-state index contributed by atoms with van der Waals surface area (Å²) < 4.78 is 28.5. The molecule has 0 saturated heterocycles. The van der Waals surface area contributed by atoms with Crippen LogP contribution in [-0.2, 0) is 11.6 Å². The second kappa shape index (κ2) is 6.10. The molecule has 0 aliphatic rings. The van der Waals surface area contributed by atoms with Crippen LogP contribution in [0.4, 0.5) is 4.39 Å². The number of hydrogen-bond acceptors (Lipinski definition) is 2. The van der Waals surface area contributed by atoms with Crippen LogP contribution in [0.2, 0.25) is 0 Å². The summed E-state index contributed by atoms with van der Waals surface area (Å²) in [7, 11) is 0. The molecule has 0 aliphatic heterocycles. The smallest absolute Gasteiger partial charge is 0.207 e. The molecule has 0 aromatic heterocycles. The Kier molecular flexibility index (Phi) is 5.47. The number of benzene rings is 1. The molecule has 2 nitrogen and oxygen atoms in total. The molecule has 0 heterocycles. The molecule has 0 fully saturated rings. The average molecular weight is 160 g/mol. The van der Waals surface area contributed by atoms with E-state index in [0.29, 0.717) is 0 Å². The second-order valence-electron chi connectivity index (χ2n) is 1.36. The van der Waals surface area contributed by atoms with E-state index in [0.717, 1.165) is 0 Å². The fourth-order valence-electron chi connectivity index (χ4n) is 0.415. The third-order valence-corrected chi connectivity index (χ3v) is 0.733. The Morgan fingerprint density at radius 3 is 1.70 bits per heavy atom. The zero-order valence-corrected chi connectivity index (χ0v) is 5.81. The van der Waals surface area contributed by atoms with Crippen LogP contribution in [0, 0.1) is 5.82 Å². The van der Waals surface area contributed by atoms with E-state index in [4.69, 9.17) is 8.42 Å². The van der Waals surface area contributed by atoms with E-state index in [1.165, 1.54) is 12.1 Å². The van der Waals surface area contributed by atoms with Crippen LogP contribution in [0.1, 0.15) is 0 Å². The molecule has 0 N–H and O–H groups in total. The van der Waals surface area contributed by atoms with Gasteiger partial charge >= 0.3 is 11.6 Å². The lowest BCUT2D eigenvalue weighted by Crippen LogP contribution is -1.63. The van der Waals surface area contributed by atoms with Crippen LogP contribution in [0.15, 0.2) is 30.3 Å². The molecular weight excluding hydrogens is 155 g/mol. The van der Waals surface area contributed by atoms with Gasteiger partial charge in [-0.25, -0.2) is 4.39 Å². The van der Waals surface area contributed by atoms with Crippen LogP contribution in [0.5, 0.6) is 0 Å². The van der Waals surface area contributed by atoms with Gasteiger partial charge in [0.2, 0.25) is 0 Å². The summed E-state index contributed by atoms with van der Waals surface area (Å²) in [5.41, 5.74) is 0. The first-order valence-corrected chi connectivity index (χ1v) is 3.10. The number of rotatable bonds is 0. The Morgan fingerprint density at radius 1 is 1.10 bits per heavy atom. The molecule has 0 amide bonds. The van der Waals surface area contributed by atoms with E-state index in [-0.39, 0.29) is 5.82 Å². The summed E-state index contributed by atoms with van der Waals surface area (Å²) in [6.07, 6.45) is 0. The third kappa shape index (κ3) is 5.11. The SMILES string of the molecule is Fc1ccccc1.O=S=O. The highest BCUT2D eigenvalue weighted by Crippen LogP contribution is 1.91. The van der Waals surface area contributed by atoms with Gasteiger partial charge in [-0.05, 0) is 12.1 Å². The highest BCUT2D eigenvalue weighted by molar-refractivity contribution is 7.51. The fraction of sp³-hybridized carbons (Fsp3) is 0. The number of halogens is 1. The molecule has 1 rings (SSSR count). The van der Waals surface area contributed by atoms with Gasteiger partial charge in [0, 0.05) is 0 Å². The van der Waals surface area contributed by atoms with Gasteiger partial charge < -0.3 is 0 Å². The largest absolute Gasteiger partial charge is 0.335 e. The molecule has 54 valence electrons. The lowest BCUT2D eigenvalue weighted by atomic mass is 10.4. The summed E-state index contributed by atoms with van der Waals surface area (Å²) in [6, 6.07) is 7.94. The van der Waals surface area contributed by atoms with Crippen molar-refractivity contribution in [3.8, 4) is 0 Å². The first-order valence-electron chi connectivity index (χ1n) is 2.43. The standard InChI is InChI=1S/C6H5F.O2S/c7-6-4-2-1-3-5-6;1-3-2/h1-5H;. The average Bonchev–Trinajstić information content (AvgIpc) is 1.91. The Morgan fingerprint density at radius 2 is 1.50 bits per heavy atom. The third-order valence-electron chi connectivity index (χ3n) is 0.733. The number of hydrogen-bond donors (Lipinski definition) is 0. The van der Waals surface area contributed by atoms with E-state index < -0.39 is 11.6 Å². The van der Waals surface area contributed by atoms with Crippen molar-refractivity contribution in [2.75, 3.05) is 0 Å². The molecule has 0 atom stereocenters. The maximum Gasteiger partial charge on any atom is 0.335 e. The summed E-state index contributed by atoms with van der Waals surface area (Å²) >= 11 is -0.750. The van der Waals surface area contributed by atoms with Crippen molar-refractivity contribution in [2.24, 2.45) is 0 Å². The van der Waals surface area contributed by atoms with Gasteiger partial charge in [0.05, 0.1) is 0 Å². The van der Waals surface area contributed by atoms with Gasteiger partial charge in [0.15, 0.2) is 0 Å². The van der Waals surface area contributed by atoms with Crippen LogP contribution in [0.25, 0.3) is 0 Å². The molecular formula is C6H5FO2S. The molecule has 0 radical (unpaired) electrons. The molecule has 4 heteroatoms. The quantitative estimate of drug-likeness (QED) is 0.570. The zero-order valence-electron chi connectivity index (χ0n) is 4.99. The predicted molar refractivity (Wildman–Crippen MR) is 35.3 cm³/mol. The van der Waals surface area contributed by atoms with Crippen LogP contribution in [-0.4, -0.2) is 8.42 Å². The Balaban J connectivity index is 0.000000236. The monoisotopic (exact) mass is 160 g/mol. The molecule has 0 aliphatic carbocycles. The van der Waals surface area contributed by atoms with E-state index in [9.17, 15) is 4.39 Å². The zero-order chi connectivity index (χ0) is 7.82. The van der Waals surface area contributed by atoms with Crippen molar-refractivity contribution in [3.05, 3.63) is 36.1 Å². The lowest BCUT2D eigenvalue weighted by molar-refractivity contribution is 0.627. The maximum absolute atomic E-state index is 11.9. The molecule has 0 unspecified atom stereocenters. The highest BCUT2D eigenvalue weighted by Gasteiger charge is 1.77. The molecule has 1 aromatic carbocycles. The summed E-state index contributed by atoms with van der Waals surface area (Å²) in [4.78, 5) is 0. The van der Waals surface area contributed by atoms with Crippen molar-refractivity contribution < 1.29 is 12.8 Å². The van der Waals surface area contributed by atoms with Gasteiger partial charge in [-0.15, -0.1) is 0 Å². The van der Waals surface area contributed by atoms with Gasteiger partial charge in [-0.2, -0.15) is 8.42 Å². The molecule has 10 heavy (non-hydrogen) atoms. The molecule has 0 bridgehead atoms. The van der Waals surface area contributed by atoms with Crippen molar-refractivity contribution in [1.29, 1.82) is 0 Å². The molecule has 0 spiro atoms. The van der Waals surface area contributed by atoms with Crippen LogP contribution < -0.4 is 0 Å². The Labute approximate surface area is 61.3 Å². The topological polar surface area (TPSA) is 34.1 Å². The molecule has 0 saturated carbocycles. The van der Waals surface area contributed by atoms with Crippen molar-refractivity contribution >= 4 is 11.6 Å². The maximum atomic E-state index is 11.9. The first-order chi connectivity index (χ1) is 4.81. The fourth-order valence-corrected chi connectivity index (χ4v) is 0.415. The minimum absolute atomic E-state index is 0.178. The Bertz CT molecular complexity index is 206. The van der Waals surface area contributed by atoms with Gasteiger partial charge in [-0.3, -0.25) is 0 Å².